The zero-order valence-electron chi connectivity index (χ0n) is 12.5. The number of rotatable bonds is 4. The van der Waals surface area contributed by atoms with E-state index in [1.165, 1.54) is 11.3 Å². The zero-order valence-corrected chi connectivity index (χ0v) is 12.5. The lowest BCUT2D eigenvalue weighted by atomic mass is 10.0. The first-order valence-electron chi connectivity index (χ1n) is 6.95. The fourth-order valence-corrected chi connectivity index (χ4v) is 3.01. The van der Waals surface area contributed by atoms with Crippen molar-refractivity contribution in [3.05, 3.63) is 34.5 Å². The summed E-state index contributed by atoms with van der Waals surface area (Å²) in [5.41, 5.74) is 10.3. The number of hydrogen-bond acceptors (Lipinski definition) is 2. The highest BCUT2D eigenvalue weighted by Crippen LogP contribution is 2.31. The summed E-state index contributed by atoms with van der Waals surface area (Å²) in [6.07, 6.45) is 0.813. The van der Waals surface area contributed by atoms with Gasteiger partial charge in [-0.15, -0.1) is 0 Å². The van der Waals surface area contributed by atoms with Crippen molar-refractivity contribution in [2.45, 2.75) is 40.2 Å². The number of carbonyl (C=O) groups is 1. The summed E-state index contributed by atoms with van der Waals surface area (Å²) in [7, 11) is 0. The fraction of sp³-hybridized carbons (Fsp3) is 0.438. The Bertz CT molecular complexity index is 669. The molecule has 0 saturated carbocycles. The number of hydrogen-bond donors (Lipinski definition) is 2. The van der Waals surface area contributed by atoms with Gasteiger partial charge in [-0.1, -0.05) is 0 Å². The van der Waals surface area contributed by atoms with Crippen molar-refractivity contribution in [2.75, 3.05) is 6.54 Å². The minimum atomic E-state index is -0.876. The van der Waals surface area contributed by atoms with Gasteiger partial charge in [0.2, 0.25) is 0 Å². The first-order chi connectivity index (χ1) is 9.38. The van der Waals surface area contributed by atoms with E-state index in [0.717, 1.165) is 22.9 Å². The van der Waals surface area contributed by atoms with Crippen molar-refractivity contribution in [1.29, 1.82) is 0 Å². The summed E-state index contributed by atoms with van der Waals surface area (Å²) in [4.78, 5) is 11.3. The van der Waals surface area contributed by atoms with Crippen LogP contribution in [0.2, 0.25) is 0 Å². The third kappa shape index (κ3) is 2.20. The Morgan fingerprint density at radius 2 is 2.00 bits per heavy atom. The highest BCUT2D eigenvalue weighted by Gasteiger charge is 2.18. The molecule has 0 fully saturated rings. The van der Waals surface area contributed by atoms with Gasteiger partial charge in [0.15, 0.2) is 0 Å². The zero-order chi connectivity index (χ0) is 15.0. The maximum absolute atomic E-state index is 11.3. The minimum absolute atomic E-state index is 0.286. The largest absolute Gasteiger partial charge is 0.478 e. The van der Waals surface area contributed by atoms with Gasteiger partial charge in [-0.25, -0.2) is 4.79 Å². The quantitative estimate of drug-likeness (QED) is 0.900. The predicted molar refractivity (Wildman–Crippen MR) is 81.5 cm³/mol. The molecule has 0 radical (unpaired) electrons. The first-order valence-corrected chi connectivity index (χ1v) is 6.95. The summed E-state index contributed by atoms with van der Waals surface area (Å²) in [5.74, 6) is -0.876. The van der Waals surface area contributed by atoms with Crippen LogP contribution in [0.4, 0.5) is 0 Å². The van der Waals surface area contributed by atoms with Crippen LogP contribution in [0, 0.1) is 13.8 Å². The van der Waals surface area contributed by atoms with Gasteiger partial charge in [-0.05, 0) is 63.9 Å². The van der Waals surface area contributed by atoms with Crippen molar-refractivity contribution in [3.63, 3.8) is 0 Å². The molecule has 0 spiro atoms. The van der Waals surface area contributed by atoms with E-state index in [1.54, 1.807) is 6.07 Å². The Morgan fingerprint density at radius 1 is 1.35 bits per heavy atom. The highest BCUT2D eigenvalue weighted by atomic mass is 16.4. The van der Waals surface area contributed by atoms with Gasteiger partial charge in [0.25, 0.3) is 0 Å². The number of nitrogens with two attached hydrogens (primary N) is 1. The summed E-state index contributed by atoms with van der Waals surface area (Å²) >= 11 is 0. The number of carboxylic acid groups (broad SMARTS) is 1. The van der Waals surface area contributed by atoms with Crippen LogP contribution in [-0.2, 0) is 6.42 Å². The van der Waals surface area contributed by atoms with Crippen molar-refractivity contribution < 1.29 is 9.90 Å². The molecule has 1 heterocycles. The van der Waals surface area contributed by atoms with Crippen molar-refractivity contribution in [2.24, 2.45) is 5.73 Å². The molecule has 4 heteroatoms. The van der Waals surface area contributed by atoms with Crippen LogP contribution >= 0.6 is 0 Å². The Kier molecular flexibility index (Phi) is 3.86. The fourth-order valence-electron chi connectivity index (χ4n) is 3.01. The van der Waals surface area contributed by atoms with E-state index in [0.29, 0.717) is 12.1 Å². The van der Waals surface area contributed by atoms with Crippen LogP contribution in [-0.4, -0.2) is 22.2 Å². The van der Waals surface area contributed by atoms with Crippen LogP contribution in [0.25, 0.3) is 10.9 Å². The number of aryl methyl sites for hydroxylation is 1. The summed E-state index contributed by atoms with van der Waals surface area (Å²) in [5, 5.41) is 10.4. The molecular weight excluding hydrogens is 252 g/mol. The molecule has 0 atom stereocenters. The van der Waals surface area contributed by atoms with Gasteiger partial charge in [-0.2, -0.15) is 0 Å². The lowest BCUT2D eigenvalue weighted by molar-refractivity contribution is 0.0696. The molecule has 0 unspecified atom stereocenters. The van der Waals surface area contributed by atoms with Gasteiger partial charge in [0, 0.05) is 22.6 Å². The molecule has 0 aliphatic carbocycles. The van der Waals surface area contributed by atoms with Crippen LogP contribution in [0.3, 0.4) is 0 Å². The summed E-state index contributed by atoms with van der Waals surface area (Å²) < 4.78 is 2.20. The Labute approximate surface area is 119 Å². The van der Waals surface area contributed by atoms with Gasteiger partial charge < -0.3 is 15.4 Å². The normalized spacial score (nSPS) is 11.5. The molecule has 4 nitrogen and oxygen atoms in total. The minimum Gasteiger partial charge on any atom is -0.478 e. The number of nitrogens with zero attached hydrogens (tertiary/aromatic N) is 1. The molecule has 0 aliphatic rings. The molecule has 108 valence electrons. The maximum Gasteiger partial charge on any atom is 0.336 e. The molecule has 1 aromatic heterocycles. The number of aromatic carboxylic acids is 1. The van der Waals surface area contributed by atoms with Crippen LogP contribution < -0.4 is 5.73 Å². The number of carboxylic acids is 1. The predicted octanol–water partition coefficient (Wildman–Crippen LogP) is 3.04. The standard InChI is InChI=1S/C16H22N2O2/c1-9(2)18-11(4)12(5-6-17)14-7-10(3)13(16(19)20)8-15(14)18/h7-9H,5-6,17H2,1-4H3,(H,19,20). The second kappa shape index (κ2) is 5.29. The molecule has 0 saturated heterocycles. The van der Waals surface area contributed by atoms with Gasteiger partial charge >= 0.3 is 5.97 Å². The van der Waals surface area contributed by atoms with Gasteiger partial charge in [0.1, 0.15) is 0 Å². The molecule has 0 bridgehead atoms. The first kappa shape index (κ1) is 14.6. The molecule has 0 aliphatic heterocycles. The molecule has 20 heavy (non-hydrogen) atoms. The molecule has 0 amide bonds. The second-order valence-corrected chi connectivity index (χ2v) is 5.56. The van der Waals surface area contributed by atoms with Crippen molar-refractivity contribution in [3.8, 4) is 0 Å². The smallest absolute Gasteiger partial charge is 0.336 e. The van der Waals surface area contributed by atoms with E-state index >= 15 is 0 Å². The number of benzene rings is 1. The topological polar surface area (TPSA) is 68.2 Å². The Balaban J connectivity index is 2.86. The Hall–Kier alpha value is -1.81. The van der Waals surface area contributed by atoms with Gasteiger partial charge in [-0.3, -0.25) is 0 Å². The average Bonchev–Trinajstić information content (AvgIpc) is 2.61. The lowest BCUT2D eigenvalue weighted by Crippen LogP contribution is -2.06. The van der Waals surface area contributed by atoms with E-state index in [-0.39, 0.29) is 6.04 Å². The lowest BCUT2D eigenvalue weighted by Gasteiger charge is -2.13. The summed E-state index contributed by atoms with van der Waals surface area (Å²) in [6, 6.07) is 4.06. The molecule has 2 aromatic rings. The van der Waals surface area contributed by atoms with Crippen LogP contribution in [0.15, 0.2) is 12.1 Å². The average molecular weight is 274 g/mol. The Morgan fingerprint density at radius 3 is 2.50 bits per heavy atom. The molecular formula is C16H22N2O2. The second-order valence-electron chi connectivity index (χ2n) is 5.56. The van der Waals surface area contributed by atoms with E-state index in [4.69, 9.17) is 5.73 Å². The van der Waals surface area contributed by atoms with Gasteiger partial charge in [0.05, 0.1) is 5.56 Å². The molecule has 2 rings (SSSR count). The van der Waals surface area contributed by atoms with E-state index < -0.39 is 5.97 Å². The number of fused-ring (bicyclic) bond motifs is 1. The third-order valence-corrected chi connectivity index (χ3v) is 3.87. The van der Waals surface area contributed by atoms with Crippen LogP contribution in [0.1, 0.15) is 47.1 Å². The van der Waals surface area contributed by atoms with E-state index in [1.807, 2.05) is 13.0 Å². The molecule has 1 aromatic carbocycles. The summed E-state index contributed by atoms with van der Waals surface area (Å²) in [6.45, 7) is 8.74. The maximum atomic E-state index is 11.3. The third-order valence-electron chi connectivity index (χ3n) is 3.87. The van der Waals surface area contributed by atoms with E-state index in [2.05, 4.69) is 25.3 Å². The van der Waals surface area contributed by atoms with E-state index in [9.17, 15) is 9.90 Å². The van der Waals surface area contributed by atoms with Crippen LogP contribution in [0.5, 0.6) is 0 Å². The van der Waals surface area contributed by atoms with Crippen molar-refractivity contribution >= 4 is 16.9 Å². The highest BCUT2D eigenvalue weighted by molar-refractivity contribution is 5.97. The number of aromatic nitrogens is 1. The SMILES string of the molecule is Cc1cc2c(CCN)c(C)n(C(C)C)c2cc1C(=O)O. The monoisotopic (exact) mass is 274 g/mol. The van der Waals surface area contributed by atoms with Crippen molar-refractivity contribution in [1.82, 2.24) is 4.57 Å². The molecule has 3 N–H and O–H groups in total.